The molecule has 0 aliphatic rings. The molecule has 0 aliphatic heterocycles. The topological polar surface area (TPSA) is 91.0 Å². The lowest BCUT2D eigenvalue weighted by Gasteiger charge is -2.33. The van der Waals surface area contributed by atoms with Crippen LogP contribution in [-0.4, -0.2) is 26.7 Å². The molecular weight excluding hydrogens is 274 g/mol. The molecule has 1 aromatic carbocycles. The van der Waals surface area contributed by atoms with Crippen molar-refractivity contribution in [3.8, 4) is 5.75 Å². The van der Waals surface area contributed by atoms with Crippen LogP contribution in [0.2, 0.25) is 0 Å². The second kappa shape index (κ2) is 5.12. The molecule has 1 heterocycles. The normalized spacial score (nSPS) is 11.6. The molecule has 0 saturated heterocycles. The van der Waals surface area contributed by atoms with Crippen molar-refractivity contribution >= 4 is 17.1 Å². The van der Waals surface area contributed by atoms with Gasteiger partial charge >= 0.3 is 11.7 Å². The lowest BCUT2D eigenvalue weighted by atomic mass is 10.0. The van der Waals surface area contributed by atoms with Crippen molar-refractivity contribution < 1.29 is 19.4 Å². The average Bonchev–Trinajstić information content (AvgIpc) is 2.32. The van der Waals surface area contributed by atoms with Crippen molar-refractivity contribution in [2.45, 2.75) is 32.9 Å². The number of phenols is 1. The maximum Gasteiger partial charge on any atom is 0.408 e. The summed E-state index contributed by atoms with van der Waals surface area (Å²) in [6.45, 7) is 5.40. The number of fused-ring (bicyclic) bond motifs is 1. The fourth-order valence-electron chi connectivity index (χ4n) is 2.11. The number of phenolic OH excluding ortho intramolecular Hbond substituents is 1. The van der Waals surface area contributed by atoms with Crippen LogP contribution in [0.1, 0.15) is 26.3 Å². The molecule has 6 nitrogen and oxygen atoms in total. The van der Waals surface area contributed by atoms with Crippen LogP contribution in [0.4, 0.5) is 4.79 Å². The van der Waals surface area contributed by atoms with Crippen molar-refractivity contribution in [1.82, 2.24) is 4.90 Å². The summed E-state index contributed by atoms with van der Waals surface area (Å²) in [6.07, 6.45) is -1.07. The van der Waals surface area contributed by atoms with Crippen molar-refractivity contribution in [3.05, 3.63) is 40.2 Å². The smallest absolute Gasteiger partial charge is 0.408 e. The van der Waals surface area contributed by atoms with Crippen LogP contribution in [0.15, 0.2) is 33.5 Å². The molecule has 0 atom stereocenters. The van der Waals surface area contributed by atoms with E-state index >= 15 is 0 Å². The van der Waals surface area contributed by atoms with Gasteiger partial charge in [0.2, 0.25) is 0 Å². The predicted octanol–water partition coefficient (Wildman–Crippen LogP) is 2.78. The van der Waals surface area contributed by atoms with E-state index in [0.717, 1.165) is 0 Å². The number of nitrogens with zero attached hydrogens (tertiary/aromatic N) is 1. The summed E-state index contributed by atoms with van der Waals surface area (Å²) in [4.78, 5) is 24.3. The third-order valence-electron chi connectivity index (χ3n) is 3.18. The maximum absolute atomic E-state index is 11.6. The van der Waals surface area contributed by atoms with Gasteiger partial charge in [-0.1, -0.05) is 0 Å². The van der Waals surface area contributed by atoms with Gasteiger partial charge in [0.25, 0.3) is 0 Å². The highest BCUT2D eigenvalue weighted by molar-refractivity contribution is 5.81. The standard InChI is InChI=1S/C15H17NO5/c1-15(2,3)16(14(19)20)8-9-6-13(18)21-12-7-10(17)4-5-11(9)12/h4-7,17H,8H2,1-3H3,(H,19,20). The SMILES string of the molecule is CC(C)(C)N(Cc1cc(=O)oc2cc(O)ccc12)C(=O)O. The summed E-state index contributed by atoms with van der Waals surface area (Å²) in [5.74, 6) is -0.0197. The van der Waals surface area contributed by atoms with Gasteiger partial charge in [-0.05, 0) is 38.5 Å². The van der Waals surface area contributed by atoms with E-state index < -0.39 is 17.3 Å². The first-order chi connectivity index (χ1) is 9.68. The summed E-state index contributed by atoms with van der Waals surface area (Å²) in [7, 11) is 0. The molecule has 2 N–H and O–H groups in total. The Morgan fingerprint density at radius 3 is 2.52 bits per heavy atom. The van der Waals surface area contributed by atoms with E-state index in [4.69, 9.17) is 4.42 Å². The Morgan fingerprint density at radius 2 is 1.95 bits per heavy atom. The molecule has 0 radical (unpaired) electrons. The molecule has 1 amide bonds. The van der Waals surface area contributed by atoms with E-state index in [9.17, 15) is 19.8 Å². The summed E-state index contributed by atoms with van der Waals surface area (Å²) < 4.78 is 5.03. The zero-order chi connectivity index (χ0) is 15.8. The van der Waals surface area contributed by atoms with Gasteiger partial charge in [-0.2, -0.15) is 0 Å². The average molecular weight is 291 g/mol. The highest BCUT2D eigenvalue weighted by Crippen LogP contribution is 2.25. The van der Waals surface area contributed by atoms with Gasteiger partial charge in [0.1, 0.15) is 11.3 Å². The van der Waals surface area contributed by atoms with Gasteiger partial charge in [0, 0.05) is 23.1 Å². The van der Waals surface area contributed by atoms with Gasteiger partial charge in [0.05, 0.1) is 6.54 Å². The second-order valence-corrected chi connectivity index (χ2v) is 5.81. The Balaban J connectivity index is 2.56. The van der Waals surface area contributed by atoms with E-state index in [1.165, 1.54) is 23.1 Å². The van der Waals surface area contributed by atoms with Crippen LogP contribution < -0.4 is 5.63 Å². The van der Waals surface area contributed by atoms with Gasteiger partial charge in [-0.15, -0.1) is 0 Å². The minimum absolute atomic E-state index is 0.0197. The van der Waals surface area contributed by atoms with Crippen LogP contribution in [0.25, 0.3) is 11.0 Å². The summed E-state index contributed by atoms with van der Waals surface area (Å²) in [6, 6.07) is 5.68. The Kier molecular flexibility index (Phi) is 3.63. The number of benzene rings is 1. The molecule has 0 bridgehead atoms. The van der Waals surface area contributed by atoms with Crippen molar-refractivity contribution in [1.29, 1.82) is 0 Å². The number of carbonyl (C=O) groups is 1. The van der Waals surface area contributed by atoms with Crippen LogP contribution in [0.5, 0.6) is 5.75 Å². The number of aromatic hydroxyl groups is 1. The quantitative estimate of drug-likeness (QED) is 0.830. The molecule has 0 spiro atoms. The van der Waals surface area contributed by atoms with E-state index in [2.05, 4.69) is 0 Å². The molecule has 0 fully saturated rings. The maximum atomic E-state index is 11.6. The van der Waals surface area contributed by atoms with E-state index in [-0.39, 0.29) is 17.9 Å². The second-order valence-electron chi connectivity index (χ2n) is 5.81. The number of amides is 1. The third kappa shape index (κ3) is 3.16. The van der Waals surface area contributed by atoms with E-state index in [0.29, 0.717) is 10.9 Å². The Hall–Kier alpha value is -2.50. The van der Waals surface area contributed by atoms with Crippen molar-refractivity contribution in [2.24, 2.45) is 0 Å². The summed E-state index contributed by atoms with van der Waals surface area (Å²) >= 11 is 0. The van der Waals surface area contributed by atoms with Gasteiger partial charge in [-0.3, -0.25) is 4.90 Å². The highest BCUT2D eigenvalue weighted by atomic mass is 16.4. The molecule has 112 valence electrons. The Morgan fingerprint density at radius 1 is 1.29 bits per heavy atom. The van der Waals surface area contributed by atoms with Crippen molar-refractivity contribution in [3.63, 3.8) is 0 Å². The fourth-order valence-corrected chi connectivity index (χ4v) is 2.11. The molecule has 0 saturated carbocycles. The minimum Gasteiger partial charge on any atom is -0.508 e. The van der Waals surface area contributed by atoms with Gasteiger partial charge < -0.3 is 14.6 Å². The van der Waals surface area contributed by atoms with Gasteiger partial charge in [-0.25, -0.2) is 9.59 Å². The predicted molar refractivity (Wildman–Crippen MR) is 77.5 cm³/mol. The third-order valence-corrected chi connectivity index (χ3v) is 3.18. The fraction of sp³-hybridized carbons (Fsp3) is 0.333. The number of hydrogen-bond acceptors (Lipinski definition) is 4. The molecule has 21 heavy (non-hydrogen) atoms. The lowest BCUT2D eigenvalue weighted by molar-refractivity contribution is 0.0957. The Labute approximate surface area is 121 Å². The first-order valence-corrected chi connectivity index (χ1v) is 6.45. The molecule has 2 rings (SSSR count). The number of hydrogen-bond donors (Lipinski definition) is 2. The molecule has 0 unspecified atom stereocenters. The first-order valence-electron chi connectivity index (χ1n) is 6.45. The van der Waals surface area contributed by atoms with Crippen LogP contribution in [-0.2, 0) is 6.54 Å². The zero-order valence-corrected chi connectivity index (χ0v) is 12.1. The lowest BCUT2D eigenvalue weighted by Crippen LogP contribution is -2.44. The summed E-state index contributed by atoms with van der Waals surface area (Å²) in [5.41, 5.74) is -0.414. The van der Waals surface area contributed by atoms with Crippen LogP contribution >= 0.6 is 0 Å². The van der Waals surface area contributed by atoms with Crippen molar-refractivity contribution in [2.75, 3.05) is 0 Å². The molecule has 1 aromatic heterocycles. The minimum atomic E-state index is -1.07. The van der Waals surface area contributed by atoms with Gasteiger partial charge in [0.15, 0.2) is 0 Å². The number of rotatable bonds is 2. The first kappa shape index (κ1) is 14.9. The molecule has 0 aliphatic carbocycles. The molecule has 2 aromatic rings. The van der Waals surface area contributed by atoms with E-state index in [1.807, 2.05) is 0 Å². The van der Waals surface area contributed by atoms with Crippen LogP contribution in [0.3, 0.4) is 0 Å². The monoisotopic (exact) mass is 291 g/mol. The zero-order valence-electron chi connectivity index (χ0n) is 12.1. The summed E-state index contributed by atoms with van der Waals surface area (Å²) in [5, 5.41) is 19.4. The Bertz CT molecular complexity index is 742. The van der Waals surface area contributed by atoms with E-state index in [1.54, 1.807) is 26.8 Å². The number of carboxylic acid groups (broad SMARTS) is 1. The molecule has 6 heteroatoms. The molecular formula is C15H17NO5. The largest absolute Gasteiger partial charge is 0.508 e. The highest BCUT2D eigenvalue weighted by Gasteiger charge is 2.27. The van der Waals surface area contributed by atoms with Crippen LogP contribution in [0, 0.1) is 0 Å².